The van der Waals surface area contributed by atoms with E-state index in [9.17, 15) is 8.78 Å². The summed E-state index contributed by atoms with van der Waals surface area (Å²) in [6, 6.07) is 59.3. The van der Waals surface area contributed by atoms with E-state index in [0.717, 1.165) is 78.0 Å². The molecule has 0 radical (unpaired) electrons. The monoisotopic (exact) mass is 688 g/mol. The van der Waals surface area contributed by atoms with E-state index in [1.165, 1.54) is 35.0 Å². The lowest BCUT2D eigenvalue weighted by molar-refractivity contribution is 0.627. The van der Waals surface area contributed by atoms with Crippen LogP contribution in [0, 0.1) is 11.6 Å². The molecule has 10 aromatic rings. The van der Waals surface area contributed by atoms with E-state index in [-0.39, 0.29) is 11.6 Å². The number of halogens is 2. The number of aromatic nitrogens is 1. The van der Waals surface area contributed by atoms with Gasteiger partial charge in [0.05, 0.1) is 16.7 Å². The van der Waals surface area contributed by atoms with Crippen LogP contribution in [0.4, 0.5) is 25.8 Å². The van der Waals surface area contributed by atoms with Gasteiger partial charge in [-0.05, 0) is 101 Å². The molecule has 8 aromatic carbocycles. The molecule has 0 saturated carbocycles. The average Bonchev–Trinajstić information content (AvgIpc) is 3.75. The summed E-state index contributed by atoms with van der Waals surface area (Å²) in [6.45, 7) is 0. The molecule has 0 aliphatic carbocycles. The molecule has 0 spiro atoms. The zero-order chi connectivity index (χ0) is 35.5. The lowest BCUT2D eigenvalue weighted by Gasteiger charge is -2.26. The van der Waals surface area contributed by atoms with Crippen molar-refractivity contribution in [3.05, 3.63) is 194 Å². The van der Waals surface area contributed by atoms with Gasteiger partial charge in [0.2, 0.25) is 0 Å². The van der Waals surface area contributed by atoms with Gasteiger partial charge < -0.3 is 13.9 Å². The molecule has 0 N–H and O–H groups in total. The minimum atomic E-state index is -0.260. The summed E-state index contributed by atoms with van der Waals surface area (Å²) in [5, 5.41) is 4.48. The van der Waals surface area contributed by atoms with E-state index in [0.29, 0.717) is 0 Å². The molecule has 0 atom stereocenters. The van der Waals surface area contributed by atoms with Gasteiger partial charge in [-0.25, -0.2) is 8.78 Å². The van der Waals surface area contributed by atoms with Gasteiger partial charge in [-0.1, -0.05) is 97.1 Å². The van der Waals surface area contributed by atoms with Crippen molar-refractivity contribution in [2.24, 2.45) is 0 Å². The van der Waals surface area contributed by atoms with Crippen LogP contribution in [0.15, 0.2) is 186 Å². The number of fused-ring (bicyclic) bond motifs is 6. The molecule has 0 saturated heterocycles. The molecule has 53 heavy (non-hydrogen) atoms. The predicted molar refractivity (Wildman–Crippen MR) is 214 cm³/mol. The molecule has 3 nitrogen and oxygen atoms in total. The van der Waals surface area contributed by atoms with E-state index >= 15 is 0 Å². The first-order chi connectivity index (χ1) is 26.1. The first-order valence-electron chi connectivity index (χ1n) is 17.6. The predicted octanol–water partition coefficient (Wildman–Crippen LogP) is 13.8. The highest BCUT2D eigenvalue weighted by Gasteiger charge is 2.20. The fraction of sp³-hybridized carbons (Fsp3) is 0. The van der Waals surface area contributed by atoms with Gasteiger partial charge in [0.25, 0.3) is 0 Å². The Morgan fingerprint density at radius 3 is 1.38 bits per heavy atom. The maximum absolute atomic E-state index is 13.7. The number of anilines is 3. The first kappa shape index (κ1) is 30.8. The molecule has 0 fully saturated rings. The quantitative estimate of drug-likeness (QED) is 0.173. The van der Waals surface area contributed by atoms with Crippen LogP contribution >= 0.6 is 0 Å². The Hall–Kier alpha value is -6.98. The third kappa shape index (κ3) is 5.25. The third-order valence-corrected chi connectivity index (χ3v) is 10.1. The van der Waals surface area contributed by atoms with Crippen molar-refractivity contribution in [3.63, 3.8) is 0 Å². The van der Waals surface area contributed by atoms with Crippen molar-refractivity contribution in [3.8, 4) is 27.9 Å². The van der Waals surface area contributed by atoms with Crippen molar-refractivity contribution >= 4 is 60.8 Å². The lowest BCUT2D eigenvalue weighted by atomic mass is 10.0. The number of para-hydroxylation sites is 3. The largest absolute Gasteiger partial charge is 0.454 e. The van der Waals surface area contributed by atoms with Crippen LogP contribution < -0.4 is 4.90 Å². The second kappa shape index (κ2) is 12.4. The molecule has 0 unspecified atom stereocenters. The van der Waals surface area contributed by atoms with E-state index in [1.807, 2.05) is 0 Å². The minimum Gasteiger partial charge on any atom is -0.454 e. The van der Waals surface area contributed by atoms with Gasteiger partial charge in [0.1, 0.15) is 17.2 Å². The summed E-state index contributed by atoms with van der Waals surface area (Å²) in [5.74, 6) is -0.521. The standard InChI is InChI=1S/C48H30F2N2O/c49-35-20-12-31(13-21-35)33-16-24-37(25-17-33)51(38-26-18-34(19-27-38)32-14-22-36(50)23-15-32)39-28-29-42-43-8-5-11-46(48(43)53-47(42)30-39)52-44-9-3-1-6-40(44)41-7-2-4-10-45(41)52/h1-30H. The number of furan rings is 1. The van der Waals surface area contributed by atoms with Crippen LogP contribution in [-0.2, 0) is 0 Å². The topological polar surface area (TPSA) is 21.3 Å². The third-order valence-electron chi connectivity index (χ3n) is 10.1. The zero-order valence-electron chi connectivity index (χ0n) is 28.4. The van der Waals surface area contributed by atoms with E-state index in [2.05, 4.69) is 143 Å². The summed E-state index contributed by atoms with van der Waals surface area (Å²) < 4.78 is 36.5. The number of rotatable bonds is 6. The number of hydrogen-bond donors (Lipinski definition) is 0. The van der Waals surface area contributed by atoms with Crippen LogP contribution in [0.5, 0.6) is 0 Å². The Labute approximate surface area is 304 Å². The van der Waals surface area contributed by atoms with Crippen molar-refractivity contribution in [1.29, 1.82) is 0 Å². The molecule has 5 heteroatoms. The van der Waals surface area contributed by atoms with Gasteiger partial charge >= 0.3 is 0 Å². The van der Waals surface area contributed by atoms with Gasteiger partial charge in [-0.15, -0.1) is 0 Å². The second-order valence-electron chi connectivity index (χ2n) is 13.2. The highest BCUT2D eigenvalue weighted by molar-refractivity contribution is 6.13. The van der Waals surface area contributed by atoms with Crippen LogP contribution in [0.2, 0.25) is 0 Å². The Bertz CT molecular complexity index is 2800. The van der Waals surface area contributed by atoms with Crippen LogP contribution in [0.1, 0.15) is 0 Å². The minimum absolute atomic E-state index is 0.260. The molecule has 0 aliphatic heterocycles. The van der Waals surface area contributed by atoms with Crippen LogP contribution in [-0.4, -0.2) is 4.57 Å². The molecule has 0 bridgehead atoms. The molecule has 2 aromatic heterocycles. The van der Waals surface area contributed by atoms with Gasteiger partial charge in [0.15, 0.2) is 5.58 Å². The van der Waals surface area contributed by atoms with E-state index in [4.69, 9.17) is 4.42 Å². The summed E-state index contributed by atoms with van der Waals surface area (Å²) in [7, 11) is 0. The summed E-state index contributed by atoms with van der Waals surface area (Å²) in [5.41, 5.74) is 11.5. The van der Waals surface area contributed by atoms with Crippen LogP contribution in [0.25, 0.3) is 71.7 Å². The van der Waals surface area contributed by atoms with Crippen molar-refractivity contribution in [2.75, 3.05) is 4.90 Å². The lowest BCUT2D eigenvalue weighted by Crippen LogP contribution is -2.09. The van der Waals surface area contributed by atoms with Gasteiger partial charge in [-0.2, -0.15) is 0 Å². The maximum Gasteiger partial charge on any atom is 0.159 e. The van der Waals surface area contributed by atoms with Crippen molar-refractivity contribution in [1.82, 2.24) is 4.57 Å². The molecule has 10 rings (SSSR count). The summed E-state index contributed by atoms with van der Waals surface area (Å²) in [6.07, 6.45) is 0. The van der Waals surface area contributed by atoms with Gasteiger partial charge in [-0.3, -0.25) is 0 Å². The number of benzene rings is 8. The molecule has 2 heterocycles. The smallest absolute Gasteiger partial charge is 0.159 e. The average molecular weight is 689 g/mol. The maximum atomic E-state index is 13.7. The SMILES string of the molecule is Fc1ccc(-c2ccc(N(c3ccc(-c4ccc(F)cc4)cc3)c3ccc4c(c3)oc3c(-n5c6ccccc6c6ccccc65)cccc34)cc2)cc1. The highest BCUT2D eigenvalue weighted by Crippen LogP contribution is 2.42. The molecule has 252 valence electrons. The molecular formula is C48H30F2N2O. The fourth-order valence-corrected chi connectivity index (χ4v) is 7.61. The van der Waals surface area contributed by atoms with Gasteiger partial charge in [0, 0.05) is 44.7 Å². The number of nitrogens with zero attached hydrogens (tertiary/aromatic N) is 2. The molecule has 0 amide bonds. The Morgan fingerprint density at radius 1 is 0.396 bits per heavy atom. The Kier molecular flexibility index (Phi) is 7.18. The van der Waals surface area contributed by atoms with Crippen LogP contribution in [0.3, 0.4) is 0 Å². The Balaban J connectivity index is 1.12. The normalized spacial score (nSPS) is 11.6. The summed E-state index contributed by atoms with van der Waals surface area (Å²) >= 11 is 0. The van der Waals surface area contributed by atoms with Crippen molar-refractivity contribution < 1.29 is 13.2 Å². The zero-order valence-corrected chi connectivity index (χ0v) is 28.4. The highest BCUT2D eigenvalue weighted by atomic mass is 19.1. The Morgan fingerprint density at radius 2 is 0.849 bits per heavy atom. The molecule has 0 aliphatic rings. The first-order valence-corrected chi connectivity index (χ1v) is 17.6. The van der Waals surface area contributed by atoms with Crippen molar-refractivity contribution in [2.45, 2.75) is 0 Å². The number of hydrogen-bond acceptors (Lipinski definition) is 2. The summed E-state index contributed by atoms with van der Waals surface area (Å²) in [4.78, 5) is 2.20. The molecular weight excluding hydrogens is 659 g/mol. The van der Waals surface area contributed by atoms with E-state index in [1.54, 1.807) is 24.3 Å². The second-order valence-corrected chi connectivity index (χ2v) is 13.2. The fourth-order valence-electron chi connectivity index (χ4n) is 7.61. The van der Waals surface area contributed by atoms with E-state index < -0.39 is 0 Å².